The molecule has 2 aromatic rings. The van der Waals surface area contributed by atoms with Crippen LogP contribution in [0.3, 0.4) is 0 Å². The highest BCUT2D eigenvalue weighted by Crippen LogP contribution is 2.24. The number of benzene rings is 1. The molecule has 0 amide bonds. The van der Waals surface area contributed by atoms with Crippen LogP contribution in [0.4, 0.5) is 4.39 Å². The molecule has 0 aliphatic carbocycles. The molecule has 2 rings (SSSR count). The first-order valence-electron chi connectivity index (χ1n) is 7.45. The molecule has 1 aromatic heterocycles. The molecule has 0 aliphatic heterocycles. The smallest absolute Gasteiger partial charge is 0.129 e. The van der Waals surface area contributed by atoms with Gasteiger partial charge in [0, 0.05) is 42.9 Å². The van der Waals surface area contributed by atoms with Gasteiger partial charge in [-0.05, 0) is 6.07 Å². The summed E-state index contributed by atoms with van der Waals surface area (Å²) in [6.07, 6.45) is 1.11. The van der Waals surface area contributed by atoms with E-state index in [4.69, 9.17) is 0 Å². The number of aromatic nitrogens is 2. The Labute approximate surface area is 131 Å². The second-order valence-electron chi connectivity index (χ2n) is 6.59. The van der Waals surface area contributed by atoms with Gasteiger partial charge in [0.05, 0.1) is 11.8 Å². The molecule has 0 fully saturated rings. The van der Waals surface area contributed by atoms with Crippen molar-refractivity contribution < 1.29 is 9.50 Å². The molecule has 0 saturated carbocycles. The third-order valence-electron chi connectivity index (χ3n) is 3.53. The second kappa shape index (κ2) is 6.58. The van der Waals surface area contributed by atoms with E-state index in [9.17, 15) is 9.50 Å². The van der Waals surface area contributed by atoms with Crippen molar-refractivity contribution in [2.45, 2.75) is 38.8 Å². The quantitative estimate of drug-likeness (QED) is 0.893. The van der Waals surface area contributed by atoms with Crippen LogP contribution in [0, 0.1) is 5.82 Å². The Bertz CT molecular complexity index is 631. The van der Waals surface area contributed by atoms with E-state index in [0.717, 1.165) is 11.3 Å². The summed E-state index contributed by atoms with van der Waals surface area (Å²) in [6.45, 7) is 7.23. The molecule has 5 heteroatoms. The number of nitrogens with one attached hydrogen (secondary N) is 1. The normalized spacial score (nSPS) is 13.4. The van der Waals surface area contributed by atoms with Crippen molar-refractivity contribution in [3.8, 4) is 0 Å². The van der Waals surface area contributed by atoms with E-state index in [1.807, 2.05) is 13.2 Å². The first-order chi connectivity index (χ1) is 10.3. The highest BCUT2D eigenvalue weighted by molar-refractivity contribution is 5.24. The van der Waals surface area contributed by atoms with Gasteiger partial charge < -0.3 is 10.4 Å². The monoisotopic (exact) mass is 305 g/mol. The number of aryl methyl sites for hydroxylation is 1. The van der Waals surface area contributed by atoms with Gasteiger partial charge in [0.15, 0.2) is 0 Å². The average molecular weight is 305 g/mol. The van der Waals surface area contributed by atoms with Gasteiger partial charge in [0.25, 0.3) is 0 Å². The fraction of sp³-hybridized carbons (Fsp3) is 0.471. The zero-order chi connectivity index (χ0) is 16.3. The van der Waals surface area contributed by atoms with Crippen LogP contribution >= 0.6 is 0 Å². The Morgan fingerprint density at radius 2 is 2.00 bits per heavy atom. The first-order valence-corrected chi connectivity index (χ1v) is 7.45. The van der Waals surface area contributed by atoms with Crippen molar-refractivity contribution in [1.82, 2.24) is 15.1 Å². The zero-order valence-electron chi connectivity index (χ0n) is 13.6. The number of hydrogen-bond acceptors (Lipinski definition) is 3. The van der Waals surface area contributed by atoms with Crippen LogP contribution in [-0.2, 0) is 19.0 Å². The van der Waals surface area contributed by atoms with Gasteiger partial charge in [-0.2, -0.15) is 5.10 Å². The van der Waals surface area contributed by atoms with Crippen molar-refractivity contribution in [3.63, 3.8) is 0 Å². The lowest BCUT2D eigenvalue weighted by Crippen LogP contribution is -2.23. The van der Waals surface area contributed by atoms with E-state index in [2.05, 4.69) is 31.2 Å². The Kier molecular flexibility index (Phi) is 4.98. The Hall–Kier alpha value is -1.72. The number of halogens is 1. The molecule has 1 atom stereocenters. The molecule has 1 unspecified atom stereocenters. The largest absolute Gasteiger partial charge is 0.387 e. The van der Waals surface area contributed by atoms with E-state index in [-0.39, 0.29) is 11.2 Å². The minimum atomic E-state index is -0.865. The molecule has 0 spiro atoms. The lowest BCUT2D eigenvalue weighted by molar-refractivity contribution is 0.169. The molecular weight excluding hydrogens is 281 g/mol. The van der Waals surface area contributed by atoms with Gasteiger partial charge in [-0.1, -0.05) is 39.0 Å². The molecule has 4 nitrogen and oxygen atoms in total. The fourth-order valence-corrected chi connectivity index (χ4v) is 2.50. The van der Waals surface area contributed by atoms with E-state index in [0.29, 0.717) is 18.7 Å². The van der Waals surface area contributed by atoms with Crippen LogP contribution in [0.15, 0.2) is 30.5 Å². The summed E-state index contributed by atoms with van der Waals surface area (Å²) in [6, 6.07) is 6.30. The van der Waals surface area contributed by atoms with Gasteiger partial charge in [0.2, 0.25) is 0 Å². The second-order valence-corrected chi connectivity index (χ2v) is 6.59. The highest BCUT2D eigenvalue weighted by atomic mass is 19.1. The van der Waals surface area contributed by atoms with Gasteiger partial charge >= 0.3 is 0 Å². The fourth-order valence-electron chi connectivity index (χ4n) is 2.50. The number of rotatable bonds is 5. The molecule has 22 heavy (non-hydrogen) atoms. The molecule has 1 aromatic carbocycles. The van der Waals surface area contributed by atoms with Crippen molar-refractivity contribution in [2.24, 2.45) is 7.05 Å². The Morgan fingerprint density at radius 1 is 1.32 bits per heavy atom. The maximum Gasteiger partial charge on any atom is 0.129 e. The van der Waals surface area contributed by atoms with E-state index in [1.54, 1.807) is 22.9 Å². The lowest BCUT2D eigenvalue weighted by Gasteiger charge is -2.18. The average Bonchev–Trinajstić information content (AvgIpc) is 2.80. The third kappa shape index (κ3) is 3.93. The molecule has 1 heterocycles. The van der Waals surface area contributed by atoms with Crippen LogP contribution in [0.2, 0.25) is 0 Å². The number of hydrogen-bond donors (Lipinski definition) is 2. The predicted octanol–water partition coefficient (Wildman–Crippen LogP) is 2.68. The molecule has 2 N–H and O–H groups in total. The topological polar surface area (TPSA) is 50.1 Å². The minimum absolute atomic E-state index is 0.0393. The molecule has 0 radical (unpaired) electrons. The van der Waals surface area contributed by atoms with Gasteiger partial charge in [-0.25, -0.2) is 4.39 Å². The maximum atomic E-state index is 13.6. The van der Waals surface area contributed by atoms with Crippen molar-refractivity contribution in [3.05, 3.63) is 53.1 Å². The Balaban J connectivity index is 1.99. The number of nitrogens with zero attached hydrogens (tertiary/aromatic N) is 2. The van der Waals surface area contributed by atoms with Crippen LogP contribution in [0.5, 0.6) is 0 Å². The van der Waals surface area contributed by atoms with Crippen molar-refractivity contribution in [1.29, 1.82) is 0 Å². The molecule has 0 aliphatic rings. The Morgan fingerprint density at radius 3 is 2.64 bits per heavy atom. The first kappa shape index (κ1) is 16.6. The van der Waals surface area contributed by atoms with Crippen LogP contribution < -0.4 is 5.32 Å². The number of aliphatic hydroxyl groups is 1. The summed E-state index contributed by atoms with van der Waals surface area (Å²) in [4.78, 5) is 0. The summed E-state index contributed by atoms with van der Waals surface area (Å²) in [5.41, 5.74) is 2.40. The molecule has 120 valence electrons. The van der Waals surface area contributed by atoms with Gasteiger partial charge in [0.1, 0.15) is 5.82 Å². The van der Waals surface area contributed by atoms with Crippen LogP contribution in [0.1, 0.15) is 43.7 Å². The summed E-state index contributed by atoms with van der Waals surface area (Å²) >= 11 is 0. The molecule has 0 saturated heterocycles. The van der Waals surface area contributed by atoms with E-state index in [1.165, 1.54) is 6.07 Å². The number of aliphatic hydroxyl groups excluding tert-OH is 1. The lowest BCUT2D eigenvalue weighted by atomic mass is 9.89. The van der Waals surface area contributed by atoms with Crippen LogP contribution in [0.25, 0.3) is 0 Å². The minimum Gasteiger partial charge on any atom is -0.387 e. The molecular formula is C17H24FN3O. The standard InChI is InChI=1S/C17H24FN3O/c1-17(2,3)16-12(11-21(4)20-16)9-19-10-15(22)13-7-5-6-8-14(13)18/h5-8,11,15,19,22H,9-10H2,1-4H3. The predicted molar refractivity (Wildman–Crippen MR) is 85.0 cm³/mol. The maximum absolute atomic E-state index is 13.6. The highest BCUT2D eigenvalue weighted by Gasteiger charge is 2.21. The summed E-state index contributed by atoms with van der Waals surface area (Å²) in [7, 11) is 1.90. The van der Waals surface area contributed by atoms with Crippen LogP contribution in [-0.4, -0.2) is 21.4 Å². The molecule has 0 bridgehead atoms. The van der Waals surface area contributed by atoms with E-state index >= 15 is 0 Å². The van der Waals surface area contributed by atoms with E-state index < -0.39 is 6.10 Å². The van der Waals surface area contributed by atoms with Gasteiger partial charge in [-0.15, -0.1) is 0 Å². The third-order valence-corrected chi connectivity index (χ3v) is 3.53. The van der Waals surface area contributed by atoms with Crippen molar-refractivity contribution >= 4 is 0 Å². The summed E-state index contributed by atoms with van der Waals surface area (Å²) < 4.78 is 15.4. The van der Waals surface area contributed by atoms with Crippen molar-refractivity contribution in [2.75, 3.05) is 6.54 Å². The SMILES string of the molecule is Cn1cc(CNCC(O)c2ccccc2F)c(C(C)(C)C)n1. The summed E-state index contributed by atoms with van der Waals surface area (Å²) in [5.74, 6) is -0.381. The van der Waals surface area contributed by atoms with Gasteiger partial charge in [-0.3, -0.25) is 4.68 Å². The summed E-state index contributed by atoms with van der Waals surface area (Å²) in [5, 5.41) is 17.8. The zero-order valence-corrected chi connectivity index (χ0v) is 13.6.